The van der Waals surface area contributed by atoms with Crippen molar-refractivity contribution in [3.05, 3.63) is 59.1 Å². The van der Waals surface area contributed by atoms with Crippen LogP contribution in [0.1, 0.15) is 5.56 Å². The van der Waals surface area contributed by atoms with Crippen LogP contribution in [0.4, 0.5) is 11.4 Å². The van der Waals surface area contributed by atoms with Crippen LogP contribution in [-0.4, -0.2) is 0 Å². The van der Waals surface area contributed by atoms with Crippen molar-refractivity contribution in [1.29, 1.82) is 0 Å². The van der Waals surface area contributed by atoms with E-state index < -0.39 is 0 Å². The molecule has 0 bridgehead atoms. The number of anilines is 2. The van der Waals surface area contributed by atoms with Crippen LogP contribution in [0, 0.1) is 0 Å². The monoisotopic (exact) mass is 248 g/mol. The summed E-state index contributed by atoms with van der Waals surface area (Å²) in [5.74, 6) is 0. The first-order valence-corrected chi connectivity index (χ1v) is 5.60. The van der Waals surface area contributed by atoms with Crippen LogP contribution in [0.5, 0.6) is 0 Å². The highest BCUT2D eigenvalue weighted by molar-refractivity contribution is 6.33. The highest BCUT2D eigenvalue weighted by Gasteiger charge is 1.99. The Bertz CT molecular complexity index is 488. The molecule has 0 aliphatic rings. The van der Waals surface area contributed by atoms with Crippen molar-refractivity contribution in [2.75, 3.05) is 11.2 Å². The van der Waals surface area contributed by atoms with Gasteiger partial charge in [0.25, 0.3) is 0 Å². The lowest BCUT2D eigenvalue weighted by Crippen LogP contribution is -2.01. The molecular formula is C13H13ClN2O. The first-order chi connectivity index (χ1) is 8.25. The number of rotatable bonds is 4. The highest BCUT2D eigenvalue weighted by atomic mass is 35.5. The van der Waals surface area contributed by atoms with Crippen LogP contribution in [0.3, 0.4) is 0 Å². The number of nitrogens with one attached hydrogen (secondary N) is 1. The van der Waals surface area contributed by atoms with Crippen LogP contribution < -0.4 is 11.2 Å². The van der Waals surface area contributed by atoms with Crippen LogP contribution >= 0.6 is 11.6 Å². The van der Waals surface area contributed by atoms with E-state index in [1.807, 2.05) is 36.4 Å². The minimum absolute atomic E-state index is 0.425. The normalized spacial score (nSPS) is 10.2. The van der Waals surface area contributed by atoms with Gasteiger partial charge in [-0.15, -0.1) is 0 Å². The maximum absolute atomic E-state index is 5.91. The van der Waals surface area contributed by atoms with E-state index in [0.29, 0.717) is 17.3 Å². The Balaban J connectivity index is 1.88. The van der Waals surface area contributed by atoms with Crippen LogP contribution in [0.2, 0.25) is 5.02 Å². The zero-order valence-corrected chi connectivity index (χ0v) is 9.95. The Morgan fingerprint density at radius 1 is 1.12 bits per heavy atom. The predicted molar refractivity (Wildman–Crippen MR) is 70.7 cm³/mol. The summed E-state index contributed by atoms with van der Waals surface area (Å²) in [5.41, 5.74) is 10.9. The van der Waals surface area contributed by atoms with Crippen molar-refractivity contribution in [3.8, 4) is 0 Å². The molecule has 0 fully saturated rings. The van der Waals surface area contributed by atoms with Gasteiger partial charge in [0.05, 0.1) is 23.0 Å². The summed E-state index contributed by atoms with van der Waals surface area (Å²) in [7, 11) is 0. The van der Waals surface area contributed by atoms with E-state index in [9.17, 15) is 0 Å². The van der Waals surface area contributed by atoms with E-state index >= 15 is 0 Å². The summed E-state index contributed by atoms with van der Waals surface area (Å²) >= 11 is 5.91. The van der Waals surface area contributed by atoms with Gasteiger partial charge >= 0.3 is 0 Å². The van der Waals surface area contributed by atoms with Gasteiger partial charge in [-0.3, -0.25) is 10.3 Å². The van der Waals surface area contributed by atoms with Gasteiger partial charge in [0.2, 0.25) is 0 Å². The lowest BCUT2D eigenvalue weighted by molar-refractivity contribution is 0.180. The van der Waals surface area contributed by atoms with Gasteiger partial charge in [0.15, 0.2) is 0 Å². The van der Waals surface area contributed by atoms with Crippen LogP contribution in [-0.2, 0) is 11.4 Å². The van der Waals surface area contributed by atoms with E-state index in [4.69, 9.17) is 22.2 Å². The van der Waals surface area contributed by atoms with Gasteiger partial charge in [-0.25, -0.2) is 0 Å². The summed E-state index contributed by atoms with van der Waals surface area (Å²) in [6, 6.07) is 15.1. The number of para-hydroxylation sites is 1. The molecule has 0 saturated heterocycles. The number of hydrogen-bond acceptors (Lipinski definition) is 3. The lowest BCUT2D eigenvalue weighted by atomic mass is 10.2. The number of nitrogens with two attached hydrogens (primary N) is 1. The largest absolute Gasteiger partial charge is 0.398 e. The number of nitrogen functional groups attached to an aromatic ring is 1. The van der Waals surface area contributed by atoms with Gasteiger partial charge in [0.1, 0.15) is 0 Å². The molecule has 0 saturated carbocycles. The average molecular weight is 249 g/mol. The third-order valence-corrected chi connectivity index (χ3v) is 2.59. The quantitative estimate of drug-likeness (QED) is 0.643. The first kappa shape index (κ1) is 11.8. The standard InChI is InChI=1S/C13H13ClN2O/c14-12-8-10(6-7-13(12)15)9-17-16-11-4-2-1-3-5-11/h1-8,16H,9,15H2. The van der Waals surface area contributed by atoms with E-state index in [1.165, 1.54) is 0 Å². The molecule has 0 aromatic heterocycles. The second-order valence-electron chi connectivity index (χ2n) is 3.61. The van der Waals surface area contributed by atoms with Crippen molar-refractivity contribution in [1.82, 2.24) is 0 Å². The Hall–Kier alpha value is -1.71. The number of benzene rings is 2. The molecule has 88 valence electrons. The SMILES string of the molecule is Nc1ccc(CONc2ccccc2)cc1Cl. The van der Waals surface area contributed by atoms with Gasteiger partial charge in [-0.05, 0) is 29.8 Å². The third kappa shape index (κ3) is 3.37. The van der Waals surface area contributed by atoms with Crippen molar-refractivity contribution in [3.63, 3.8) is 0 Å². The molecule has 17 heavy (non-hydrogen) atoms. The minimum atomic E-state index is 0.425. The summed E-state index contributed by atoms with van der Waals surface area (Å²) in [6.07, 6.45) is 0. The summed E-state index contributed by atoms with van der Waals surface area (Å²) in [4.78, 5) is 5.35. The molecule has 0 amide bonds. The van der Waals surface area contributed by atoms with Gasteiger partial charge in [-0.2, -0.15) is 0 Å². The van der Waals surface area contributed by atoms with Crippen molar-refractivity contribution in [2.24, 2.45) is 0 Å². The molecule has 4 heteroatoms. The summed E-state index contributed by atoms with van der Waals surface area (Å²) in [6.45, 7) is 0.425. The molecule has 0 aliphatic carbocycles. The molecular weight excluding hydrogens is 236 g/mol. The highest BCUT2D eigenvalue weighted by Crippen LogP contribution is 2.20. The van der Waals surface area contributed by atoms with Crippen molar-refractivity contribution in [2.45, 2.75) is 6.61 Å². The number of hydrogen-bond donors (Lipinski definition) is 2. The molecule has 0 unspecified atom stereocenters. The lowest BCUT2D eigenvalue weighted by Gasteiger charge is -2.07. The predicted octanol–water partition coefficient (Wildman–Crippen LogP) is 3.47. The maximum atomic E-state index is 5.91. The molecule has 2 aromatic rings. The maximum Gasteiger partial charge on any atom is 0.0997 e. The molecule has 3 N–H and O–H groups in total. The van der Waals surface area contributed by atoms with Crippen molar-refractivity contribution < 1.29 is 4.84 Å². The molecule has 0 aliphatic heterocycles. The molecule has 3 nitrogen and oxygen atoms in total. The van der Waals surface area contributed by atoms with E-state index in [-0.39, 0.29) is 0 Å². The van der Waals surface area contributed by atoms with Crippen LogP contribution in [0.25, 0.3) is 0 Å². The Morgan fingerprint density at radius 3 is 2.59 bits per heavy atom. The average Bonchev–Trinajstić information content (AvgIpc) is 2.35. The van der Waals surface area contributed by atoms with E-state index in [2.05, 4.69) is 5.48 Å². The van der Waals surface area contributed by atoms with E-state index in [0.717, 1.165) is 11.3 Å². The molecule has 2 aromatic carbocycles. The summed E-state index contributed by atoms with van der Waals surface area (Å²) < 4.78 is 0. The van der Waals surface area contributed by atoms with Gasteiger partial charge < -0.3 is 5.73 Å². The molecule has 0 radical (unpaired) electrons. The minimum Gasteiger partial charge on any atom is -0.398 e. The topological polar surface area (TPSA) is 47.3 Å². The van der Waals surface area contributed by atoms with Crippen LogP contribution in [0.15, 0.2) is 48.5 Å². The molecule has 2 rings (SSSR count). The van der Waals surface area contributed by atoms with Gasteiger partial charge in [0, 0.05) is 0 Å². The molecule has 0 spiro atoms. The van der Waals surface area contributed by atoms with Crippen molar-refractivity contribution >= 4 is 23.0 Å². The zero-order valence-electron chi connectivity index (χ0n) is 9.19. The Morgan fingerprint density at radius 2 is 1.88 bits per heavy atom. The second-order valence-corrected chi connectivity index (χ2v) is 4.02. The van der Waals surface area contributed by atoms with Gasteiger partial charge in [-0.1, -0.05) is 35.9 Å². The van der Waals surface area contributed by atoms with E-state index in [1.54, 1.807) is 12.1 Å². The smallest absolute Gasteiger partial charge is 0.0997 e. The summed E-state index contributed by atoms with van der Waals surface area (Å²) in [5, 5.41) is 0.547. The Kier molecular flexibility index (Phi) is 3.85. The molecule has 0 atom stereocenters. The number of halogens is 1. The second kappa shape index (κ2) is 5.57. The fourth-order valence-electron chi connectivity index (χ4n) is 1.37. The Labute approximate surface area is 105 Å². The molecule has 0 heterocycles. The first-order valence-electron chi connectivity index (χ1n) is 5.22. The third-order valence-electron chi connectivity index (χ3n) is 2.27. The fourth-order valence-corrected chi connectivity index (χ4v) is 1.57. The fraction of sp³-hybridized carbons (Fsp3) is 0.0769. The zero-order chi connectivity index (χ0) is 12.1.